The Balaban J connectivity index is 2.14. The Hall–Kier alpha value is -1.56. The van der Waals surface area contributed by atoms with Gasteiger partial charge in [-0.2, -0.15) is 4.98 Å². The quantitative estimate of drug-likeness (QED) is 0.696. The van der Waals surface area contributed by atoms with Gasteiger partial charge in [-0.15, -0.1) is 0 Å². The zero-order valence-corrected chi connectivity index (χ0v) is 11.6. The van der Waals surface area contributed by atoms with E-state index in [1.165, 1.54) is 12.8 Å². The van der Waals surface area contributed by atoms with E-state index >= 15 is 0 Å². The van der Waals surface area contributed by atoms with E-state index in [0.29, 0.717) is 36.6 Å². The Morgan fingerprint density at radius 1 is 1.32 bits per heavy atom. The summed E-state index contributed by atoms with van der Waals surface area (Å²) in [5, 5.41) is 3.33. The van der Waals surface area contributed by atoms with Gasteiger partial charge in [0.05, 0.1) is 6.61 Å². The Labute approximate surface area is 113 Å². The van der Waals surface area contributed by atoms with Crippen molar-refractivity contribution in [1.29, 1.82) is 0 Å². The number of aryl methyl sites for hydroxylation is 1. The number of hydrogen-bond acceptors (Lipinski definition) is 6. The van der Waals surface area contributed by atoms with E-state index in [1.807, 2.05) is 0 Å². The lowest BCUT2D eigenvalue weighted by molar-refractivity contribution is 0.144. The summed E-state index contributed by atoms with van der Waals surface area (Å²) in [6, 6.07) is 0.499. The van der Waals surface area contributed by atoms with Crippen LogP contribution in [-0.2, 0) is 11.2 Å². The molecule has 0 unspecified atom stereocenters. The smallest absolute Gasteiger partial charge is 0.242 e. The minimum atomic E-state index is 0.437. The second-order valence-electron chi connectivity index (χ2n) is 4.72. The number of anilines is 2. The first-order valence-corrected chi connectivity index (χ1v) is 6.79. The highest BCUT2D eigenvalue weighted by Gasteiger charge is 2.24. The molecule has 1 aromatic heterocycles. The SMILES string of the molecule is CCCc1nc(NC2CC2)c(N)c(OCCOC)n1. The number of hydrogen-bond donors (Lipinski definition) is 2. The van der Waals surface area contributed by atoms with E-state index in [2.05, 4.69) is 22.2 Å². The van der Waals surface area contributed by atoms with E-state index in [9.17, 15) is 0 Å². The molecule has 0 atom stereocenters. The molecule has 6 heteroatoms. The molecule has 1 aliphatic rings. The predicted octanol–water partition coefficient (Wildman–Crippen LogP) is 1.61. The molecule has 1 fully saturated rings. The molecule has 1 aromatic rings. The van der Waals surface area contributed by atoms with Crippen LogP contribution >= 0.6 is 0 Å². The molecular weight excluding hydrogens is 244 g/mol. The molecular formula is C13H22N4O2. The van der Waals surface area contributed by atoms with E-state index in [-0.39, 0.29) is 0 Å². The average Bonchev–Trinajstić information content (AvgIpc) is 3.19. The molecule has 1 saturated carbocycles. The van der Waals surface area contributed by atoms with Crippen molar-refractivity contribution in [3.05, 3.63) is 5.82 Å². The summed E-state index contributed by atoms with van der Waals surface area (Å²) >= 11 is 0. The molecule has 6 nitrogen and oxygen atoms in total. The van der Waals surface area contributed by atoms with Gasteiger partial charge in [0.1, 0.15) is 18.1 Å². The number of ether oxygens (including phenoxy) is 2. The van der Waals surface area contributed by atoms with Crippen molar-refractivity contribution in [1.82, 2.24) is 9.97 Å². The van der Waals surface area contributed by atoms with Gasteiger partial charge in [-0.1, -0.05) is 6.92 Å². The lowest BCUT2D eigenvalue weighted by Gasteiger charge is -2.13. The van der Waals surface area contributed by atoms with Gasteiger partial charge in [-0.05, 0) is 19.3 Å². The van der Waals surface area contributed by atoms with Crippen LogP contribution in [0.4, 0.5) is 11.5 Å². The Morgan fingerprint density at radius 2 is 2.11 bits per heavy atom. The lowest BCUT2D eigenvalue weighted by Crippen LogP contribution is -2.13. The second kappa shape index (κ2) is 6.56. The van der Waals surface area contributed by atoms with Gasteiger partial charge in [0.2, 0.25) is 5.88 Å². The first-order chi connectivity index (χ1) is 9.24. The molecule has 0 spiro atoms. The van der Waals surface area contributed by atoms with E-state index < -0.39 is 0 Å². The third kappa shape index (κ3) is 3.96. The fourth-order valence-electron chi connectivity index (χ4n) is 1.69. The largest absolute Gasteiger partial charge is 0.474 e. The van der Waals surface area contributed by atoms with Gasteiger partial charge in [0.25, 0.3) is 0 Å². The highest BCUT2D eigenvalue weighted by Crippen LogP contribution is 2.31. The fourth-order valence-corrected chi connectivity index (χ4v) is 1.69. The molecule has 19 heavy (non-hydrogen) atoms. The minimum absolute atomic E-state index is 0.437. The van der Waals surface area contributed by atoms with Gasteiger partial charge >= 0.3 is 0 Å². The first-order valence-electron chi connectivity index (χ1n) is 6.79. The molecule has 1 heterocycles. The van der Waals surface area contributed by atoms with Crippen LogP contribution in [0.1, 0.15) is 32.0 Å². The number of methoxy groups -OCH3 is 1. The number of rotatable bonds is 8. The van der Waals surface area contributed by atoms with Crippen LogP contribution in [0.25, 0.3) is 0 Å². The molecule has 2 rings (SSSR count). The van der Waals surface area contributed by atoms with Crippen molar-refractivity contribution >= 4 is 11.5 Å². The van der Waals surface area contributed by atoms with Crippen molar-refractivity contribution in [2.45, 2.75) is 38.6 Å². The van der Waals surface area contributed by atoms with E-state index in [0.717, 1.165) is 18.7 Å². The van der Waals surface area contributed by atoms with Gasteiger partial charge in [-0.3, -0.25) is 0 Å². The molecule has 0 amide bonds. The molecule has 1 aliphatic carbocycles. The maximum absolute atomic E-state index is 6.05. The monoisotopic (exact) mass is 266 g/mol. The Bertz CT molecular complexity index is 421. The third-order valence-corrected chi connectivity index (χ3v) is 2.88. The zero-order chi connectivity index (χ0) is 13.7. The summed E-state index contributed by atoms with van der Waals surface area (Å²) in [4.78, 5) is 8.84. The van der Waals surface area contributed by atoms with Gasteiger partial charge in [-0.25, -0.2) is 4.98 Å². The van der Waals surface area contributed by atoms with Crippen LogP contribution in [0.5, 0.6) is 5.88 Å². The summed E-state index contributed by atoms with van der Waals surface area (Å²) < 4.78 is 10.5. The molecule has 0 bridgehead atoms. The highest BCUT2D eigenvalue weighted by molar-refractivity contribution is 5.67. The molecule has 0 saturated heterocycles. The summed E-state index contributed by atoms with van der Waals surface area (Å²) in [7, 11) is 1.63. The standard InChI is InChI=1S/C13H22N4O2/c1-3-4-10-16-12(15-9-5-6-9)11(14)13(17-10)19-8-7-18-2/h9H,3-8,14H2,1-2H3,(H,15,16,17). The van der Waals surface area contributed by atoms with Crippen LogP contribution in [0, 0.1) is 0 Å². The molecule has 0 aromatic carbocycles. The van der Waals surface area contributed by atoms with Crippen molar-refractivity contribution in [2.75, 3.05) is 31.4 Å². The Morgan fingerprint density at radius 3 is 2.74 bits per heavy atom. The summed E-state index contributed by atoms with van der Waals surface area (Å²) in [5.74, 6) is 1.93. The predicted molar refractivity (Wildman–Crippen MR) is 74.5 cm³/mol. The topological polar surface area (TPSA) is 82.3 Å². The number of aromatic nitrogens is 2. The maximum atomic E-state index is 6.05. The van der Waals surface area contributed by atoms with Crippen molar-refractivity contribution in [2.24, 2.45) is 0 Å². The van der Waals surface area contributed by atoms with Crippen LogP contribution in [0.15, 0.2) is 0 Å². The summed E-state index contributed by atoms with van der Waals surface area (Å²) in [6.45, 7) is 3.04. The van der Waals surface area contributed by atoms with Crippen molar-refractivity contribution < 1.29 is 9.47 Å². The number of nitrogens with one attached hydrogen (secondary N) is 1. The van der Waals surface area contributed by atoms with Crippen molar-refractivity contribution in [3.63, 3.8) is 0 Å². The molecule has 0 aliphatic heterocycles. The normalized spacial score (nSPS) is 14.4. The van der Waals surface area contributed by atoms with Crippen LogP contribution in [0.3, 0.4) is 0 Å². The van der Waals surface area contributed by atoms with E-state index in [1.54, 1.807) is 7.11 Å². The summed E-state index contributed by atoms with van der Waals surface area (Å²) in [6.07, 6.45) is 4.16. The molecule has 106 valence electrons. The second-order valence-corrected chi connectivity index (χ2v) is 4.72. The maximum Gasteiger partial charge on any atom is 0.242 e. The van der Waals surface area contributed by atoms with Gasteiger partial charge in [0, 0.05) is 19.6 Å². The number of nitrogens with zero attached hydrogens (tertiary/aromatic N) is 2. The van der Waals surface area contributed by atoms with Crippen LogP contribution < -0.4 is 15.8 Å². The van der Waals surface area contributed by atoms with Gasteiger partial charge < -0.3 is 20.5 Å². The fraction of sp³-hybridized carbons (Fsp3) is 0.692. The number of nitrogens with two attached hydrogens (primary N) is 1. The van der Waals surface area contributed by atoms with Crippen molar-refractivity contribution in [3.8, 4) is 5.88 Å². The third-order valence-electron chi connectivity index (χ3n) is 2.88. The zero-order valence-electron chi connectivity index (χ0n) is 11.6. The minimum Gasteiger partial charge on any atom is -0.474 e. The lowest BCUT2D eigenvalue weighted by atomic mass is 10.3. The first kappa shape index (κ1) is 13.9. The molecule has 3 N–H and O–H groups in total. The van der Waals surface area contributed by atoms with Crippen LogP contribution in [0.2, 0.25) is 0 Å². The highest BCUT2D eigenvalue weighted by atomic mass is 16.5. The number of nitrogen functional groups attached to an aromatic ring is 1. The Kier molecular flexibility index (Phi) is 4.79. The van der Waals surface area contributed by atoms with Gasteiger partial charge in [0.15, 0.2) is 5.82 Å². The molecule has 0 radical (unpaired) electrons. The van der Waals surface area contributed by atoms with E-state index in [4.69, 9.17) is 15.2 Å². The summed E-state index contributed by atoms with van der Waals surface area (Å²) in [5.41, 5.74) is 6.54. The average molecular weight is 266 g/mol. The van der Waals surface area contributed by atoms with Crippen LogP contribution in [-0.4, -0.2) is 36.3 Å².